The molecular weight excluding hydrogens is 246 g/mol. The summed E-state index contributed by atoms with van der Waals surface area (Å²) >= 11 is 0. The van der Waals surface area contributed by atoms with Gasteiger partial charge >= 0.3 is 0 Å². The van der Waals surface area contributed by atoms with E-state index in [1.54, 1.807) is 11.9 Å². The number of carbonyl (C=O) groups is 1. The number of fused-ring (bicyclic) bond motifs is 1. The predicted octanol–water partition coefficient (Wildman–Crippen LogP) is 0.886. The van der Waals surface area contributed by atoms with Gasteiger partial charge in [0.15, 0.2) is 5.69 Å². The summed E-state index contributed by atoms with van der Waals surface area (Å²) in [6, 6.07) is 0. The van der Waals surface area contributed by atoms with Crippen LogP contribution in [0.25, 0.3) is 0 Å². The number of aromatic nitrogens is 2. The highest BCUT2D eigenvalue weighted by atomic mass is 16.5. The normalized spacial score (nSPS) is 22.1. The van der Waals surface area contributed by atoms with Crippen LogP contribution in [0.4, 0.5) is 0 Å². The molecule has 6 heteroatoms. The molecule has 0 aromatic carbocycles. The van der Waals surface area contributed by atoms with Crippen molar-refractivity contribution >= 4 is 5.91 Å². The monoisotopic (exact) mass is 267 g/mol. The number of hydrogen-bond acceptors (Lipinski definition) is 4. The van der Waals surface area contributed by atoms with E-state index in [0.717, 1.165) is 11.3 Å². The van der Waals surface area contributed by atoms with Crippen LogP contribution in [0.5, 0.6) is 0 Å². The van der Waals surface area contributed by atoms with Gasteiger partial charge in [-0.3, -0.25) is 9.89 Å². The molecule has 2 N–H and O–H groups in total. The standard InChI is InChI=1S/C13H21N3O3/c1-8-7-10-11(9(2)19-8)14-15-12(10)13(18)16(3)5-4-6-17/h8-9,17H,4-7H2,1-3H3,(H,14,15)/t8-,9+/m1/s1. The average molecular weight is 267 g/mol. The van der Waals surface area contributed by atoms with E-state index in [9.17, 15) is 4.79 Å². The predicted molar refractivity (Wildman–Crippen MR) is 69.9 cm³/mol. The Labute approximate surface area is 112 Å². The van der Waals surface area contributed by atoms with Crippen LogP contribution in [0.1, 0.15) is 48.1 Å². The van der Waals surface area contributed by atoms with Crippen molar-refractivity contribution in [2.45, 2.75) is 38.9 Å². The lowest BCUT2D eigenvalue weighted by atomic mass is 9.99. The second kappa shape index (κ2) is 5.71. The Balaban J connectivity index is 2.20. The Morgan fingerprint density at radius 3 is 3.00 bits per heavy atom. The highest BCUT2D eigenvalue weighted by Gasteiger charge is 2.30. The van der Waals surface area contributed by atoms with E-state index < -0.39 is 0 Å². The van der Waals surface area contributed by atoms with Crippen molar-refractivity contribution < 1.29 is 14.6 Å². The fourth-order valence-electron chi connectivity index (χ4n) is 2.44. The van der Waals surface area contributed by atoms with Crippen LogP contribution in [0, 0.1) is 0 Å². The Kier molecular flexibility index (Phi) is 4.21. The number of aliphatic hydroxyl groups excluding tert-OH is 1. The first-order valence-corrected chi connectivity index (χ1v) is 6.63. The van der Waals surface area contributed by atoms with Gasteiger partial charge in [0.2, 0.25) is 0 Å². The molecule has 0 saturated heterocycles. The molecule has 0 spiro atoms. The smallest absolute Gasteiger partial charge is 0.274 e. The average Bonchev–Trinajstić information content (AvgIpc) is 2.78. The van der Waals surface area contributed by atoms with E-state index in [-0.39, 0.29) is 24.7 Å². The third kappa shape index (κ3) is 2.79. The molecule has 1 aliphatic rings. The molecule has 1 aliphatic heterocycles. The topological polar surface area (TPSA) is 78.5 Å². The number of ether oxygens (including phenoxy) is 1. The first kappa shape index (κ1) is 14.0. The number of nitrogens with zero attached hydrogens (tertiary/aromatic N) is 2. The molecule has 19 heavy (non-hydrogen) atoms. The van der Waals surface area contributed by atoms with Gasteiger partial charge in [0.05, 0.1) is 17.9 Å². The molecule has 2 atom stereocenters. The Bertz CT molecular complexity index is 458. The molecule has 2 rings (SSSR count). The van der Waals surface area contributed by atoms with Gasteiger partial charge < -0.3 is 14.7 Å². The van der Waals surface area contributed by atoms with E-state index in [1.165, 1.54) is 0 Å². The molecule has 106 valence electrons. The molecule has 2 heterocycles. The molecule has 0 radical (unpaired) electrons. The van der Waals surface area contributed by atoms with Crippen LogP contribution in [0.15, 0.2) is 0 Å². The maximum absolute atomic E-state index is 12.3. The maximum Gasteiger partial charge on any atom is 0.274 e. The van der Waals surface area contributed by atoms with Gasteiger partial charge in [-0.15, -0.1) is 0 Å². The van der Waals surface area contributed by atoms with Crippen LogP contribution in [-0.2, 0) is 11.2 Å². The third-order valence-electron chi connectivity index (χ3n) is 3.43. The second-order valence-corrected chi connectivity index (χ2v) is 5.06. The minimum absolute atomic E-state index is 0.0597. The number of rotatable bonds is 4. The summed E-state index contributed by atoms with van der Waals surface area (Å²) in [5.74, 6) is -0.104. The third-order valence-corrected chi connectivity index (χ3v) is 3.43. The maximum atomic E-state index is 12.3. The number of nitrogens with one attached hydrogen (secondary N) is 1. The number of hydrogen-bond donors (Lipinski definition) is 2. The zero-order valence-corrected chi connectivity index (χ0v) is 11.6. The molecule has 1 aromatic rings. The lowest BCUT2D eigenvalue weighted by molar-refractivity contribution is -0.00701. The van der Waals surface area contributed by atoms with Crippen LogP contribution >= 0.6 is 0 Å². The fourth-order valence-corrected chi connectivity index (χ4v) is 2.44. The minimum atomic E-state index is -0.104. The lowest BCUT2D eigenvalue weighted by Crippen LogP contribution is -2.30. The molecule has 6 nitrogen and oxygen atoms in total. The largest absolute Gasteiger partial charge is 0.396 e. The molecule has 1 amide bonds. The summed E-state index contributed by atoms with van der Waals surface area (Å²) in [7, 11) is 1.73. The second-order valence-electron chi connectivity index (χ2n) is 5.06. The van der Waals surface area contributed by atoms with Crippen molar-refractivity contribution in [3.63, 3.8) is 0 Å². The highest BCUT2D eigenvalue weighted by molar-refractivity contribution is 5.93. The molecule has 0 fully saturated rings. The van der Waals surface area contributed by atoms with E-state index in [1.807, 2.05) is 13.8 Å². The molecule has 0 bridgehead atoms. The van der Waals surface area contributed by atoms with Crippen LogP contribution in [0.3, 0.4) is 0 Å². The molecule has 0 unspecified atom stereocenters. The quantitative estimate of drug-likeness (QED) is 0.849. The van der Waals surface area contributed by atoms with E-state index in [0.29, 0.717) is 25.1 Å². The summed E-state index contributed by atoms with van der Waals surface area (Å²) in [6.45, 7) is 4.56. The van der Waals surface area contributed by atoms with Crippen LogP contribution in [0.2, 0.25) is 0 Å². The zero-order chi connectivity index (χ0) is 14.0. The van der Waals surface area contributed by atoms with Crippen molar-refractivity contribution in [3.8, 4) is 0 Å². The summed E-state index contributed by atoms with van der Waals surface area (Å²) in [6.07, 6.45) is 1.31. The number of carbonyl (C=O) groups excluding carboxylic acids is 1. The number of H-pyrrole nitrogens is 1. The van der Waals surface area contributed by atoms with E-state index >= 15 is 0 Å². The van der Waals surface area contributed by atoms with Crippen LogP contribution < -0.4 is 0 Å². The summed E-state index contributed by atoms with van der Waals surface area (Å²) in [4.78, 5) is 13.9. The molecular formula is C13H21N3O3. The van der Waals surface area contributed by atoms with Gasteiger partial charge in [-0.25, -0.2) is 0 Å². The summed E-state index contributed by atoms with van der Waals surface area (Å²) < 4.78 is 5.70. The van der Waals surface area contributed by atoms with E-state index in [4.69, 9.17) is 9.84 Å². The van der Waals surface area contributed by atoms with Gasteiger partial charge in [-0.2, -0.15) is 5.10 Å². The van der Waals surface area contributed by atoms with Gasteiger partial charge in [0.25, 0.3) is 5.91 Å². The fraction of sp³-hybridized carbons (Fsp3) is 0.692. The molecule has 1 aromatic heterocycles. The minimum Gasteiger partial charge on any atom is -0.396 e. The van der Waals surface area contributed by atoms with Gasteiger partial charge in [0, 0.05) is 32.2 Å². The Hall–Kier alpha value is -1.40. The molecule has 0 saturated carbocycles. The van der Waals surface area contributed by atoms with Crippen molar-refractivity contribution in [2.75, 3.05) is 20.2 Å². The number of aromatic amines is 1. The first-order chi connectivity index (χ1) is 9.04. The lowest BCUT2D eigenvalue weighted by Gasteiger charge is -2.25. The van der Waals surface area contributed by atoms with E-state index in [2.05, 4.69) is 10.2 Å². The first-order valence-electron chi connectivity index (χ1n) is 6.63. The number of aliphatic hydroxyl groups is 1. The Morgan fingerprint density at radius 2 is 2.32 bits per heavy atom. The summed E-state index contributed by atoms with van der Waals surface area (Å²) in [5, 5.41) is 15.9. The van der Waals surface area contributed by atoms with Crippen molar-refractivity contribution in [3.05, 3.63) is 17.0 Å². The Morgan fingerprint density at radius 1 is 1.58 bits per heavy atom. The highest BCUT2D eigenvalue weighted by Crippen LogP contribution is 2.30. The van der Waals surface area contributed by atoms with Crippen LogP contribution in [-0.4, -0.2) is 52.4 Å². The van der Waals surface area contributed by atoms with Crippen molar-refractivity contribution in [1.82, 2.24) is 15.1 Å². The summed E-state index contributed by atoms with van der Waals surface area (Å²) in [5.41, 5.74) is 2.35. The van der Waals surface area contributed by atoms with Gasteiger partial charge in [-0.05, 0) is 20.3 Å². The van der Waals surface area contributed by atoms with Crippen molar-refractivity contribution in [1.29, 1.82) is 0 Å². The SMILES string of the molecule is C[C@@H]1Cc2c(C(=O)N(C)CCCO)n[nH]c2[C@H](C)O1. The van der Waals surface area contributed by atoms with Gasteiger partial charge in [0.1, 0.15) is 0 Å². The molecule has 0 aliphatic carbocycles. The van der Waals surface area contributed by atoms with Gasteiger partial charge in [-0.1, -0.05) is 0 Å². The van der Waals surface area contributed by atoms with Crippen molar-refractivity contribution in [2.24, 2.45) is 0 Å². The zero-order valence-electron chi connectivity index (χ0n) is 11.6. The number of amides is 1.